The van der Waals surface area contributed by atoms with Crippen LogP contribution in [0, 0.1) is 5.92 Å². The van der Waals surface area contributed by atoms with Crippen molar-refractivity contribution in [3.63, 3.8) is 0 Å². The maximum Gasteiger partial charge on any atom is 1.00 e. The van der Waals surface area contributed by atoms with E-state index in [1.165, 1.54) is 13.8 Å². The van der Waals surface area contributed by atoms with Crippen LogP contribution in [0.3, 0.4) is 0 Å². The fraction of sp³-hybridized carbons (Fsp3) is 0.440. The van der Waals surface area contributed by atoms with Crippen LogP contribution >= 0.6 is 27.7 Å². The number of rotatable bonds is 13. The van der Waals surface area contributed by atoms with Crippen molar-refractivity contribution in [3.8, 4) is 11.5 Å². The summed E-state index contributed by atoms with van der Waals surface area (Å²) in [5, 5.41) is 31.4. The molecule has 2 N–H and O–H groups in total. The van der Waals surface area contributed by atoms with Gasteiger partial charge in [0.25, 0.3) is 0 Å². The first-order valence-corrected chi connectivity index (χ1v) is 12.7. The number of carbonyl (C=O) groups excluding carboxylic acids is 2. The molecule has 0 amide bonds. The summed E-state index contributed by atoms with van der Waals surface area (Å²) in [5.41, 5.74) is 1.83. The Balaban J connectivity index is 0.00000578. The minimum atomic E-state index is -1.26. The number of aromatic hydroxyl groups is 1. The first-order chi connectivity index (χ1) is 15.6. The molecule has 0 aliphatic carbocycles. The number of phenols is 1. The molecular formula is C25H30BrNaO6S. The van der Waals surface area contributed by atoms with Gasteiger partial charge >= 0.3 is 29.6 Å². The molecule has 0 fully saturated rings. The number of halogens is 1. The maximum atomic E-state index is 11.7. The van der Waals surface area contributed by atoms with Crippen molar-refractivity contribution in [2.45, 2.75) is 57.5 Å². The molecule has 0 spiro atoms. The second kappa shape index (κ2) is 15.2. The monoisotopic (exact) mass is 560 g/mol. The van der Waals surface area contributed by atoms with Crippen LogP contribution in [-0.2, 0) is 17.6 Å². The van der Waals surface area contributed by atoms with Gasteiger partial charge in [-0.25, -0.2) is 0 Å². The molecule has 0 aliphatic heterocycles. The number of hydrogen-bond acceptors (Lipinski definition) is 7. The third kappa shape index (κ3) is 8.88. The predicted octanol–water partition coefficient (Wildman–Crippen LogP) is 1.16. The van der Waals surface area contributed by atoms with Crippen molar-refractivity contribution in [1.29, 1.82) is 0 Å². The van der Waals surface area contributed by atoms with Crippen LogP contribution in [0.25, 0.3) is 0 Å². The van der Waals surface area contributed by atoms with Gasteiger partial charge in [-0.2, -0.15) is 0 Å². The summed E-state index contributed by atoms with van der Waals surface area (Å²) < 4.78 is 6.78. The van der Waals surface area contributed by atoms with Gasteiger partial charge in [-0.05, 0) is 71.9 Å². The Hall–Kier alpha value is -1.03. The van der Waals surface area contributed by atoms with E-state index in [1.807, 2.05) is 25.1 Å². The van der Waals surface area contributed by atoms with Crippen LogP contribution in [0.1, 0.15) is 55.1 Å². The van der Waals surface area contributed by atoms with Crippen molar-refractivity contribution in [3.05, 3.63) is 51.5 Å². The van der Waals surface area contributed by atoms with Crippen molar-refractivity contribution in [1.82, 2.24) is 0 Å². The number of ether oxygens (including phenoxy) is 1. The minimum Gasteiger partial charge on any atom is -0.550 e. The molecule has 0 aromatic heterocycles. The molecule has 2 atom stereocenters. The minimum absolute atomic E-state index is 0. The smallest absolute Gasteiger partial charge is 0.550 e. The topological polar surface area (TPSA) is 107 Å². The molecule has 2 aromatic carbocycles. The molecule has 2 rings (SSSR count). The molecule has 0 radical (unpaired) electrons. The average Bonchev–Trinajstić information content (AvgIpc) is 2.76. The molecule has 34 heavy (non-hydrogen) atoms. The fourth-order valence-corrected chi connectivity index (χ4v) is 4.93. The third-order valence-corrected chi connectivity index (χ3v) is 7.39. The summed E-state index contributed by atoms with van der Waals surface area (Å²) in [6.45, 7) is 5.36. The van der Waals surface area contributed by atoms with Crippen LogP contribution < -0.4 is 39.4 Å². The molecule has 2 aromatic rings. The number of aliphatic hydroxyl groups is 1. The van der Waals surface area contributed by atoms with Crippen molar-refractivity contribution < 1.29 is 59.2 Å². The number of Topliss-reactive ketones (excluding diaryl/α,β-unsaturated/α-hetero) is 1. The molecule has 0 saturated heterocycles. The number of hydrogen-bond donors (Lipinski definition) is 2. The van der Waals surface area contributed by atoms with Gasteiger partial charge in [-0.15, -0.1) is 11.8 Å². The Labute approximate surface area is 235 Å². The number of aliphatic carboxylic acids is 1. The van der Waals surface area contributed by atoms with Gasteiger partial charge in [-0.3, -0.25) is 4.79 Å². The quantitative estimate of drug-likeness (QED) is 0.164. The standard InChI is InChI=1S/C25H31BrO6S.Na/c1-4-6-19-22(9-8-18(16(3)27)24(19)29)32-11-5-12-33-23-10-7-17(13-20(23)26)14-21(28)15(2)25(30)31;/h7-10,13,15,21,28-29H,4-6,11-12,14H2,1-3H3,(H,30,31);/q;+1/p-1. The van der Waals surface area contributed by atoms with E-state index in [4.69, 9.17) is 4.74 Å². The van der Waals surface area contributed by atoms with Gasteiger partial charge in [0.15, 0.2) is 5.78 Å². The largest absolute Gasteiger partial charge is 1.00 e. The fourth-order valence-electron chi connectivity index (χ4n) is 3.32. The number of thioether (sulfide) groups is 1. The number of ketones is 1. The van der Waals surface area contributed by atoms with Gasteiger partial charge in [-0.1, -0.05) is 26.3 Å². The van der Waals surface area contributed by atoms with Gasteiger partial charge in [0, 0.05) is 32.6 Å². The summed E-state index contributed by atoms with van der Waals surface area (Å²) >= 11 is 5.20. The maximum absolute atomic E-state index is 11.7. The SMILES string of the molecule is CCCc1c(OCCCSc2ccc(CC(O)C(C)C(=O)[O-])cc2Br)ccc(C(C)=O)c1O.[Na+]. The van der Waals surface area contributed by atoms with E-state index < -0.39 is 18.0 Å². The van der Waals surface area contributed by atoms with Crippen LogP contribution in [0.2, 0.25) is 0 Å². The van der Waals surface area contributed by atoms with E-state index in [9.17, 15) is 24.9 Å². The van der Waals surface area contributed by atoms with Crippen LogP contribution in [-0.4, -0.2) is 40.4 Å². The molecule has 0 bridgehead atoms. The number of benzene rings is 2. The zero-order valence-electron chi connectivity index (χ0n) is 20.1. The van der Waals surface area contributed by atoms with Crippen LogP contribution in [0.4, 0.5) is 0 Å². The summed E-state index contributed by atoms with van der Waals surface area (Å²) in [5.74, 6) is -0.937. The summed E-state index contributed by atoms with van der Waals surface area (Å²) in [7, 11) is 0. The second-order valence-electron chi connectivity index (χ2n) is 7.94. The molecule has 0 aliphatic rings. The Morgan fingerprint density at radius 3 is 2.53 bits per heavy atom. The number of carbonyl (C=O) groups is 2. The van der Waals surface area contributed by atoms with Crippen LogP contribution in [0.5, 0.6) is 11.5 Å². The summed E-state index contributed by atoms with van der Waals surface area (Å²) in [6.07, 6.45) is 1.48. The molecule has 0 saturated carbocycles. The number of phenolic OH excluding ortho intramolecular Hbond substituents is 1. The first kappa shape index (κ1) is 31.0. The predicted molar refractivity (Wildman–Crippen MR) is 131 cm³/mol. The molecule has 0 heterocycles. The second-order valence-corrected chi connectivity index (χ2v) is 9.93. The van der Waals surface area contributed by atoms with E-state index in [0.29, 0.717) is 29.9 Å². The number of aliphatic hydroxyl groups excluding tert-OH is 1. The zero-order chi connectivity index (χ0) is 24.5. The third-order valence-electron chi connectivity index (χ3n) is 5.31. The zero-order valence-corrected chi connectivity index (χ0v) is 24.5. The first-order valence-electron chi connectivity index (χ1n) is 10.9. The van der Waals surface area contributed by atoms with Gasteiger partial charge in [0.1, 0.15) is 11.5 Å². The van der Waals surface area contributed by atoms with Crippen LogP contribution in [0.15, 0.2) is 39.7 Å². The van der Waals surface area contributed by atoms with E-state index in [-0.39, 0.29) is 47.5 Å². The Kier molecular flexibility index (Phi) is 13.8. The number of carboxylic acid groups (broad SMARTS) is 1. The Morgan fingerprint density at radius 2 is 1.94 bits per heavy atom. The van der Waals surface area contributed by atoms with E-state index in [0.717, 1.165) is 33.5 Å². The Bertz CT molecular complexity index is 984. The van der Waals surface area contributed by atoms with E-state index >= 15 is 0 Å². The average molecular weight is 561 g/mol. The molecule has 2 unspecified atom stereocenters. The van der Waals surface area contributed by atoms with Gasteiger partial charge in [0.2, 0.25) is 0 Å². The van der Waals surface area contributed by atoms with E-state index in [2.05, 4.69) is 15.9 Å². The van der Waals surface area contributed by atoms with Crippen molar-refractivity contribution in [2.75, 3.05) is 12.4 Å². The molecule has 9 heteroatoms. The molecule has 6 nitrogen and oxygen atoms in total. The van der Waals surface area contributed by atoms with Crippen molar-refractivity contribution >= 4 is 39.4 Å². The van der Waals surface area contributed by atoms with Gasteiger partial charge < -0.3 is 24.9 Å². The van der Waals surface area contributed by atoms with Gasteiger partial charge in [0.05, 0.1) is 18.3 Å². The molecule has 180 valence electrons. The molecular weight excluding hydrogens is 531 g/mol. The summed E-state index contributed by atoms with van der Waals surface area (Å²) in [6, 6.07) is 9.06. The van der Waals surface area contributed by atoms with Crippen molar-refractivity contribution in [2.24, 2.45) is 5.92 Å². The van der Waals surface area contributed by atoms with E-state index in [1.54, 1.807) is 23.9 Å². The summed E-state index contributed by atoms with van der Waals surface area (Å²) in [4.78, 5) is 23.6. The number of carboxylic acids is 1. The Morgan fingerprint density at radius 1 is 1.24 bits per heavy atom. The normalized spacial score (nSPS) is 12.5.